The van der Waals surface area contributed by atoms with Crippen LogP contribution in [0, 0.1) is 0 Å². The molecule has 0 unspecified atom stereocenters. The monoisotopic (exact) mass is 468 g/mol. The predicted molar refractivity (Wildman–Crippen MR) is 129 cm³/mol. The van der Waals surface area contributed by atoms with E-state index in [2.05, 4.69) is 34.0 Å². The van der Waals surface area contributed by atoms with Gasteiger partial charge in [-0.2, -0.15) is 0 Å². The zero-order valence-corrected chi connectivity index (χ0v) is 20.1. The summed E-state index contributed by atoms with van der Waals surface area (Å²) in [7, 11) is 2.17. The van der Waals surface area contributed by atoms with Gasteiger partial charge in [0.05, 0.1) is 12.1 Å². The molecule has 8 heteroatoms. The van der Waals surface area contributed by atoms with Gasteiger partial charge in [-0.05, 0) is 69.0 Å². The highest BCUT2D eigenvalue weighted by Crippen LogP contribution is 2.36. The van der Waals surface area contributed by atoms with Crippen molar-refractivity contribution in [3.8, 4) is 11.5 Å². The van der Waals surface area contributed by atoms with E-state index in [9.17, 15) is 4.79 Å². The maximum atomic E-state index is 13.1. The van der Waals surface area contributed by atoms with Crippen LogP contribution in [0.25, 0.3) is 4.96 Å². The van der Waals surface area contributed by atoms with Crippen molar-refractivity contribution in [3.63, 3.8) is 0 Å². The number of nitrogens with zero attached hydrogens (tertiary/aromatic N) is 4. The maximum Gasteiger partial charge on any atom is 0.231 e. The minimum atomic E-state index is 0.194. The van der Waals surface area contributed by atoms with Gasteiger partial charge in [-0.25, -0.2) is 4.98 Å². The second-order valence-electron chi connectivity index (χ2n) is 9.11. The first kappa shape index (κ1) is 22.2. The molecule has 3 aromatic rings. The van der Waals surface area contributed by atoms with E-state index in [-0.39, 0.29) is 5.91 Å². The molecule has 0 fully saturated rings. The number of thiazole rings is 1. The summed E-state index contributed by atoms with van der Waals surface area (Å²) in [6.07, 6.45) is 10.7. The van der Waals surface area contributed by atoms with Crippen molar-refractivity contribution < 1.29 is 14.3 Å². The minimum Gasteiger partial charge on any atom is -0.454 e. The Labute approximate surface area is 198 Å². The van der Waals surface area contributed by atoms with Crippen LogP contribution in [0.5, 0.6) is 11.5 Å². The second kappa shape index (κ2) is 10.1. The van der Waals surface area contributed by atoms with Crippen molar-refractivity contribution >= 4 is 22.2 Å². The number of carbonyl (C=O) groups is 1. The number of imidazole rings is 1. The summed E-state index contributed by atoms with van der Waals surface area (Å²) in [4.78, 5) is 23.1. The quantitative estimate of drug-likeness (QED) is 0.566. The number of fused-ring (bicyclic) bond motifs is 3. The molecule has 0 radical (unpaired) electrons. The third kappa shape index (κ3) is 5.33. The molecule has 2 aliphatic heterocycles. The van der Waals surface area contributed by atoms with E-state index in [0.29, 0.717) is 13.2 Å². The fraction of sp³-hybridized carbons (Fsp3) is 0.520. The first-order chi connectivity index (χ1) is 16.2. The number of benzene rings is 1. The van der Waals surface area contributed by atoms with Gasteiger partial charge in [0, 0.05) is 37.4 Å². The lowest BCUT2D eigenvalue weighted by atomic mass is 9.99. The molecule has 5 rings (SSSR count). The zero-order chi connectivity index (χ0) is 22.6. The molecule has 0 spiro atoms. The van der Waals surface area contributed by atoms with Crippen LogP contribution >= 0.6 is 11.3 Å². The lowest BCUT2D eigenvalue weighted by Gasteiger charge is -2.24. The number of carbonyl (C=O) groups excluding carboxylic acids is 1. The molecule has 1 amide bonds. The van der Waals surface area contributed by atoms with Crippen molar-refractivity contribution in [1.82, 2.24) is 19.2 Å². The van der Waals surface area contributed by atoms with E-state index >= 15 is 0 Å². The Morgan fingerprint density at radius 3 is 2.61 bits per heavy atom. The fourth-order valence-electron chi connectivity index (χ4n) is 4.74. The largest absolute Gasteiger partial charge is 0.454 e. The van der Waals surface area contributed by atoms with Crippen LogP contribution in [-0.4, -0.2) is 58.6 Å². The van der Waals surface area contributed by atoms with Gasteiger partial charge < -0.3 is 19.3 Å². The Hall–Kier alpha value is -2.58. The normalized spacial score (nSPS) is 18.3. The Balaban J connectivity index is 1.23. The molecular weight excluding hydrogens is 436 g/mol. The van der Waals surface area contributed by atoms with Crippen molar-refractivity contribution in [3.05, 3.63) is 46.7 Å². The van der Waals surface area contributed by atoms with Gasteiger partial charge >= 0.3 is 0 Å². The van der Waals surface area contributed by atoms with Crippen molar-refractivity contribution in [2.75, 3.05) is 33.5 Å². The van der Waals surface area contributed by atoms with Gasteiger partial charge in [-0.3, -0.25) is 9.20 Å². The SMILES string of the molecule is CN1CCCCN(C(=O)Cc2cn3ccsc3n2)CCCCCc2cc3c(cc2C1)OCO3. The smallest absolute Gasteiger partial charge is 0.231 e. The van der Waals surface area contributed by atoms with Gasteiger partial charge in [-0.15, -0.1) is 11.3 Å². The Kier molecular flexibility index (Phi) is 6.83. The number of amides is 1. The second-order valence-corrected chi connectivity index (χ2v) is 9.99. The lowest BCUT2D eigenvalue weighted by Crippen LogP contribution is -2.34. The van der Waals surface area contributed by atoms with Crippen LogP contribution in [-0.2, 0) is 24.2 Å². The standard InChI is InChI=1S/C25H32N4O3S/c1-27-8-5-6-10-28(24(30)15-21-17-29-11-12-33-25(29)26-21)9-4-2-3-7-19-13-22-23(32-18-31-22)14-20(19)16-27/h11-14,17H,2-10,15-16,18H2,1H3. The number of rotatable bonds is 2. The highest BCUT2D eigenvalue weighted by molar-refractivity contribution is 7.15. The van der Waals surface area contributed by atoms with E-state index < -0.39 is 0 Å². The van der Waals surface area contributed by atoms with Crippen LogP contribution in [0.15, 0.2) is 29.9 Å². The zero-order valence-electron chi connectivity index (χ0n) is 19.3. The third-order valence-corrected chi connectivity index (χ3v) is 7.33. The van der Waals surface area contributed by atoms with Gasteiger partial charge in [0.25, 0.3) is 0 Å². The molecular formula is C25H32N4O3S. The van der Waals surface area contributed by atoms with Gasteiger partial charge in [0.1, 0.15) is 0 Å². The van der Waals surface area contributed by atoms with Crippen molar-refractivity contribution in [2.24, 2.45) is 0 Å². The summed E-state index contributed by atoms with van der Waals surface area (Å²) < 4.78 is 13.2. The molecule has 0 N–H and O–H groups in total. The Morgan fingerprint density at radius 1 is 1.03 bits per heavy atom. The lowest BCUT2D eigenvalue weighted by molar-refractivity contribution is -0.130. The molecule has 2 aliphatic rings. The van der Waals surface area contributed by atoms with Crippen LogP contribution in [0.1, 0.15) is 48.9 Å². The summed E-state index contributed by atoms with van der Waals surface area (Å²) in [6.45, 7) is 3.88. The summed E-state index contributed by atoms with van der Waals surface area (Å²) in [6, 6.07) is 4.34. The van der Waals surface area contributed by atoms with Crippen molar-refractivity contribution in [1.29, 1.82) is 0 Å². The molecule has 176 valence electrons. The molecule has 0 aliphatic carbocycles. The average molecular weight is 469 g/mol. The average Bonchev–Trinajstić information content (AvgIpc) is 3.50. The molecule has 7 nitrogen and oxygen atoms in total. The van der Waals surface area contributed by atoms with Gasteiger partial charge in [0.2, 0.25) is 12.7 Å². The summed E-state index contributed by atoms with van der Waals surface area (Å²) in [5.41, 5.74) is 3.56. The van der Waals surface area contributed by atoms with Gasteiger partial charge in [-0.1, -0.05) is 6.42 Å². The van der Waals surface area contributed by atoms with E-state index in [1.54, 1.807) is 11.3 Å². The highest BCUT2D eigenvalue weighted by Gasteiger charge is 2.19. The highest BCUT2D eigenvalue weighted by atomic mass is 32.1. The molecule has 33 heavy (non-hydrogen) atoms. The van der Waals surface area contributed by atoms with Crippen molar-refractivity contribution in [2.45, 2.75) is 51.5 Å². The van der Waals surface area contributed by atoms with Crippen LogP contribution < -0.4 is 9.47 Å². The number of hydrogen-bond acceptors (Lipinski definition) is 6. The summed E-state index contributed by atoms with van der Waals surface area (Å²) in [5, 5.41) is 2.01. The van der Waals surface area contributed by atoms with E-state index in [1.165, 1.54) is 11.1 Å². The molecule has 0 saturated heterocycles. The molecule has 0 saturated carbocycles. The summed E-state index contributed by atoms with van der Waals surface area (Å²) >= 11 is 1.60. The first-order valence-electron chi connectivity index (χ1n) is 11.9. The number of aryl methyl sites for hydroxylation is 1. The Bertz CT molecular complexity index is 1080. The van der Waals surface area contributed by atoms with E-state index in [1.807, 2.05) is 22.2 Å². The number of ether oxygens (including phenoxy) is 2. The Morgan fingerprint density at radius 2 is 1.79 bits per heavy atom. The number of aromatic nitrogens is 2. The van der Waals surface area contributed by atoms with E-state index in [0.717, 1.165) is 86.9 Å². The molecule has 1 aromatic carbocycles. The molecule has 0 bridgehead atoms. The van der Waals surface area contributed by atoms with Crippen LogP contribution in [0.2, 0.25) is 0 Å². The first-order valence-corrected chi connectivity index (χ1v) is 12.8. The molecule has 4 heterocycles. The van der Waals surface area contributed by atoms with E-state index in [4.69, 9.17) is 9.47 Å². The third-order valence-electron chi connectivity index (χ3n) is 6.56. The number of hydrogen-bond donors (Lipinski definition) is 0. The topological polar surface area (TPSA) is 59.3 Å². The summed E-state index contributed by atoms with van der Waals surface area (Å²) in [5.74, 6) is 1.93. The molecule has 2 aromatic heterocycles. The van der Waals surface area contributed by atoms with Gasteiger partial charge in [0.15, 0.2) is 16.5 Å². The van der Waals surface area contributed by atoms with Crippen LogP contribution in [0.4, 0.5) is 0 Å². The minimum absolute atomic E-state index is 0.194. The van der Waals surface area contributed by atoms with Crippen LogP contribution in [0.3, 0.4) is 0 Å². The molecule has 0 atom stereocenters. The predicted octanol–water partition coefficient (Wildman–Crippen LogP) is 4.13. The maximum absolute atomic E-state index is 13.1. The fourth-order valence-corrected chi connectivity index (χ4v) is 5.46.